The van der Waals surface area contributed by atoms with Gasteiger partial charge in [0.15, 0.2) is 0 Å². The molecule has 0 saturated heterocycles. The van der Waals surface area contributed by atoms with Gasteiger partial charge in [0.2, 0.25) is 0 Å². The molecule has 9 rings (SSSR count). The summed E-state index contributed by atoms with van der Waals surface area (Å²) in [6.07, 6.45) is 4.30. The fraction of sp³-hybridized carbons (Fsp3) is 0.143. The molecule has 6 nitrogen and oxygen atoms in total. The van der Waals surface area contributed by atoms with Crippen LogP contribution in [0.15, 0.2) is 237 Å². The fourth-order valence-corrected chi connectivity index (χ4v) is 14.1. The first-order valence-electron chi connectivity index (χ1n) is 24.4. The molecule has 0 heterocycles. The zero-order valence-corrected chi connectivity index (χ0v) is 45.8. The minimum Gasteiger partial charge on any atom is -0.793 e. The molecule has 10 heteroatoms. The number of benzene rings is 9. The Balaban J connectivity index is 0.000000177. The molecule has 371 valence electrons. The van der Waals surface area contributed by atoms with Crippen molar-refractivity contribution in [3.05, 3.63) is 287 Å². The Labute approximate surface area is 445 Å². The molecule has 0 aliphatic heterocycles. The standard InChI is InChI=1S/3C21H21O2P.Ru/c3*1-2-18-12-9-15-21(20(18)16-17-10-5-3-6-11-17)24(22,23)19-13-7-4-8-14-19;/h3*3-15H,2,16H2,1H3,(H,22,23);/q;;;+3/p-3. The molecule has 3 unspecified atom stereocenters. The third-order valence-electron chi connectivity index (χ3n) is 12.8. The van der Waals surface area contributed by atoms with E-state index in [4.69, 9.17) is 0 Å². The molecular weight excluding hydrogens is 1050 g/mol. The second-order valence-electron chi connectivity index (χ2n) is 17.5. The average Bonchev–Trinajstić information content (AvgIpc) is 3.43. The van der Waals surface area contributed by atoms with Crippen LogP contribution in [0.2, 0.25) is 0 Å². The van der Waals surface area contributed by atoms with Crippen molar-refractivity contribution in [1.29, 1.82) is 0 Å². The van der Waals surface area contributed by atoms with Crippen LogP contribution in [0.4, 0.5) is 0 Å². The Morgan fingerprint density at radius 3 is 0.699 bits per heavy atom. The molecule has 0 bridgehead atoms. The number of aryl methyl sites for hydroxylation is 3. The molecule has 0 amide bonds. The van der Waals surface area contributed by atoms with Crippen molar-refractivity contribution in [1.82, 2.24) is 0 Å². The van der Waals surface area contributed by atoms with Crippen molar-refractivity contribution in [3.63, 3.8) is 0 Å². The fourth-order valence-electron chi connectivity index (χ4n) is 8.99. The van der Waals surface area contributed by atoms with Gasteiger partial charge in [0, 0.05) is 31.8 Å². The summed E-state index contributed by atoms with van der Waals surface area (Å²) < 4.78 is 39.4. The average molecular weight is 1110 g/mol. The normalized spacial score (nSPS) is 13.2. The van der Waals surface area contributed by atoms with Crippen LogP contribution in [0.5, 0.6) is 0 Å². The molecule has 9 aromatic rings. The first kappa shape index (κ1) is 56.5. The third-order valence-corrected chi connectivity index (χ3v) is 18.9. The van der Waals surface area contributed by atoms with E-state index in [1.54, 1.807) is 91.0 Å². The van der Waals surface area contributed by atoms with Crippen LogP contribution in [0.1, 0.15) is 70.8 Å². The van der Waals surface area contributed by atoms with Crippen LogP contribution in [0, 0.1) is 0 Å². The molecule has 0 aliphatic carbocycles. The summed E-state index contributed by atoms with van der Waals surface area (Å²) in [4.78, 5) is 39.4. The first-order valence-corrected chi connectivity index (χ1v) is 29.3. The summed E-state index contributed by atoms with van der Waals surface area (Å²) in [5.41, 5.74) is 9.35. The van der Waals surface area contributed by atoms with Crippen LogP contribution >= 0.6 is 22.1 Å². The van der Waals surface area contributed by atoms with Gasteiger partial charge in [-0.05, 0) is 88.6 Å². The van der Waals surface area contributed by atoms with Gasteiger partial charge in [0.25, 0.3) is 0 Å². The smallest absolute Gasteiger partial charge is 0.793 e. The Hall–Kier alpha value is -5.83. The molecule has 9 aromatic carbocycles. The Morgan fingerprint density at radius 1 is 0.288 bits per heavy atom. The van der Waals surface area contributed by atoms with Crippen molar-refractivity contribution >= 4 is 53.9 Å². The summed E-state index contributed by atoms with van der Waals surface area (Å²) in [5, 5.41) is 2.43. The second kappa shape index (κ2) is 26.9. The minimum atomic E-state index is -3.86. The molecule has 0 saturated carbocycles. The number of rotatable bonds is 15. The summed E-state index contributed by atoms with van der Waals surface area (Å²) in [7, 11) is -11.6. The topological polar surface area (TPSA) is 120 Å². The van der Waals surface area contributed by atoms with E-state index in [0.29, 0.717) is 51.1 Å². The van der Waals surface area contributed by atoms with Gasteiger partial charge in [-0.2, -0.15) is 0 Å². The Kier molecular flexibility index (Phi) is 20.8. The van der Waals surface area contributed by atoms with E-state index in [9.17, 15) is 28.4 Å². The summed E-state index contributed by atoms with van der Waals surface area (Å²) >= 11 is 0. The largest absolute Gasteiger partial charge is 3.00 e. The van der Waals surface area contributed by atoms with Gasteiger partial charge in [0.1, 0.15) is 0 Å². The predicted molar refractivity (Wildman–Crippen MR) is 295 cm³/mol. The van der Waals surface area contributed by atoms with E-state index in [2.05, 4.69) is 20.8 Å². The van der Waals surface area contributed by atoms with E-state index in [1.807, 2.05) is 146 Å². The van der Waals surface area contributed by atoms with Crippen LogP contribution < -0.4 is 46.5 Å². The van der Waals surface area contributed by atoms with Crippen molar-refractivity contribution in [3.8, 4) is 0 Å². The van der Waals surface area contributed by atoms with Crippen molar-refractivity contribution < 1.29 is 47.9 Å². The summed E-state index contributed by atoms with van der Waals surface area (Å²) in [5.74, 6) is 0. The quantitative estimate of drug-likeness (QED) is 0.0745. The molecule has 0 fully saturated rings. The third kappa shape index (κ3) is 14.3. The molecule has 0 spiro atoms. The molecule has 3 atom stereocenters. The van der Waals surface area contributed by atoms with Crippen molar-refractivity contribution in [2.24, 2.45) is 0 Å². The maximum absolute atomic E-state index is 13.1. The van der Waals surface area contributed by atoms with Gasteiger partial charge in [-0.25, -0.2) is 0 Å². The van der Waals surface area contributed by atoms with Gasteiger partial charge in [-0.3, -0.25) is 0 Å². The summed E-state index contributed by atoms with van der Waals surface area (Å²) in [6, 6.07) is 72.9. The van der Waals surface area contributed by atoms with Gasteiger partial charge in [-0.15, -0.1) is 0 Å². The van der Waals surface area contributed by atoms with Gasteiger partial charge < -0.3 is 28.4 Å². The van der Waals surface area contributed by atoms with Crippen LogP contribution in [0.25, 0.3) is 0 Å². The SMILES string of the molecule is CCc1cccc(P(=O)([O-])c2ccccc2)c1Cc1ccccc1.CCc1cccc(P(=O)([O-])c2ccccc2)c1Cc1ccccc1.CCc1cccc(P(=O)([O-])c2ccccc2)c1Cc1ccccc1.[Ru+3]. The molecular formula is C63H60O6P3Ru. The molecule has 0 aliphatic rings. The predicted octanol–water partition coefficient (Wildman–Crippen LogP) is 10.3. The van der Waals surface area contributed by atoms with E-state index < -0.39 is 22.1 Å². The van der Waals surface area contributed by atoms with Crippen LogP contribution in [0.3, 0.4) is 0 Å². The van der Waals surface area contributed by atoms with Crippen LogP contribution in [-0.2, 0) is 71.7 Å². The molecule has 73 heavy (non-hydrogen) atoms. The van der Waals surface area contributed by atoms with E-state index in [1.165, 1.54) is 0 Å². The van der Waals surface area contributed by atoms with E-state index in [-0.39, 0.29) is 19.5 Å². The van der Waals surface area contributed by atoms with Crippen molar-refractivity contribution in [2.45, 2.75) is 59.3 Å². The van der Waals surface area contributed by atoms with E-state index >= 15 is 0 Å². The van der Waals surface area contributed by atoms with Gasteiger partial charge in [-0.1, -0.05) is 257 Å². The monoisotopic (exact) mass is 1110 g/mol. The zero-order chi connectivity index (χ0) is 51.0. The molecule has 0 aromatic heterocycles. The minimum absolute atomic E-state index is 0. The van der Waals surface area contributed by atoms with Crippen LogP contribution in [-0.4, -0.2) is 0 Å². The number of hydrogen-bond donors (Lipinski definition) is 0. The Bertz CT molecular complexity index is 2930. The van der Waals surface area contributed by atoms with E-state index in [0.717, 1.165) is 69.3 Å². The first-order chi connectivity index (χ1) is 34.9. The summed E-state index contributed by atoms with van der Waals surface area (Å²) in [6.45, 7) is 6.18. The van der Waals surface area contributed by atoms with Gasteiger partial charge >= 0.3 is 19.5 Å². The van der Waals surface area contributed by atoms with Gasteiger partial charge in [0.05, 0.1) is 22.1 Å². The molecule has 0 N–H and O–H groups in total. The zero-order valence-electron chi connectivity index (χ0n) is 41.4. The maximum Gasteiger partial charge on any atom is 3.00 e. The second-order valence-corrected chi connectivity index (χ2v) is 23.8. The molecule has 1 radical (unpaired) electrons. The number of hydrogen-bond acceptors (Lipinski definition) is 6. The van der Waals surface area contributed by atoms with Crippen molar-refractivity contribution in [2.75, 3.05) is 0 Å². The Morgan fingerprint density at radius 2 is 0.493 bits per heavy atom. The maximum atomic E-state index is 13.1.